The van der Waals surface area contributed by atoms with Crippen molar-refractivity contribution in [1.29, 1.82) is 0 Å². The SMILES string of the molecule is CCOc1ccc(C(=O)NC(C)(C)CC(N)=O)cc1N. The summed E-state index contributed by atoms with van der Waals surface area (Å²) in [6, 6.07) is 4.81. The smallest absolute Gasteiger partial charge is 0.251 e. The molecule has 6 nitrogen and oxygen atoms in total. The van der Waals surface area contributed by atoms with E-state index in [1.165, 1.54) is 0 Å². The van der Waals surface area contributed by atoms with E-state index in [4.69, 9.17) is 16.2 Å². The van der Waals surface area contributed by atoms with Crippen LogP contribution in [0, 0.1) is 0 Å². The van der Waals surface area contributed by atoms with Gasteiger partial charge in [-0.15, -0.1) is 0 Å². The van der Waals surface area contributed by atoms with Crippen LogP contribution in [0.5, 0.6) is 5.75 Å². The summed E-state index contributed by atoms with van der Waals surface area (Å²) < 4.78 is 5.31. The van der Waals surface area contributed by atoms with E-state index in [2.05, 4.69) is 5.32 Å². The quantitative estimate of drug-likeness (QED) is 0.676. The molecule has 1 rings (SSSR count). The van der Waals surface area contributed by atoms with Gasteiger partial charge in [0.1, 0.15) is 5.75 Å². The number of ether oxygens (including phenoxy) is 1. The van der Waals surface area contributed by atoms with Crippen LogP contribution in [0.3, 0.4) is 0 Å². The Morgan fingerprint density at radius 1 is 1.35 bits per heavy atom. The lowest BCUT2D eigenvalue weighted by atomic mass is 9.99. The molecular weight excluding hydrogens is 258 g/mol. The first-order valence-corrected chi connectivity index (χ1v) is 6.38. The van der Waals surface area contributed by atoms with Crippen molar-refractivity contribution >= 4 is 17.5 Å². The summed E-state index contributed by atoms with van der Waals surface area (Å²) in [7, 11) is 0. The highest BCUT2D eigenvalue weighted by Crippen LogP contribution is 2.23. The second kappa shape index (κ2) is 6.27. The fraction of sp³-hybridized carbons (Fsp3) is 0.429. The van der Waals surface area contributed by atoms with Gasteiger partial charge in [-0.05, 0) is 39.0 Å². The zero-order valence-electron chi connectivity index (χ0n) is 12.0. The lowest BCUT2D eigenvalue weighted by molar-refractivity contribution is -0.119. The molecule has 5 N–H and O–H groups in total. The molecule has 0 bridgehead atoms. The van der Waals surface area contributed by atoms with Crippen LogP contribution < -0.4 is 21.5 Å². The molecule has 0 saturated carbocycles. The summed E-state index contributed by atoms with van der Waals surface area (Å²) in [6.45, 7) is 5.81. The van der Waals surface area contributed by atoms with E-state index in [1.807, 2.05) is 6.92 Å². The van der Waals surface area contributed by atoms with E-state index in [-0.39, 0.29) is 12.3 Å². The summed E-state index contributed by atoms with van der Waals surface area (Å²) in [5.74, 6) is -0.243. The minimum absolute atomic E-state index is 0.0608. The summed E-state index contributed by atoms with van der Waals surface area (Å²) in [6.07, 6.45) is 0.0608. The van der Waals surface area contributed by atoms with Gasteiger partial charge in [0.25, 0.3) is 5.91 Å². The topological polar surface area (TPSA) is 107 Å². The number of carbonyl (C=O) groups excluding carboxylic acids is 2. The maximum Gasteiger partial charge on any atom is 0.251 e. The fourth-order valence-electron chi connectivity index (χ4n) is 1.84. The van der Waals surface area contributed by atoms with Crippen LogP contribution in [-0.2, 0) is 4.79 Å². The van der Waals surface area contributed by atoms with Gasteiger partial charge in [-0.1, -0.05) is 0 Å². The number of nitrogen functional groups attached to an aromatic ring is 1. The highest BCUT2D eigenvalue weighted by Gasteiger charge is 2.23. The monoisotopic (exact) mass is 279 g/mol. The molecule has 0 spiro atoms. The molecule has 0 aromatic heterocycles. The number of anilines is 1. The highest BCUT2D eigenvalue weighted by molar-refractivity contribution is 5.96. The molecule has 0 fully saturated rings. The summed E-state index contributed by atoms with van der Waals surface area (Å²) in [5, 5.41) is 2.75. The van der Waals surface area contributed by atoms with Crippen LogP contribution in [0.4, 0.5) is 5.69 Å². The number of amides is 2. The molecule has 0 aliphatic heterocycles. The van der Waals surface area contributed by atoms with Crippen molar-refractivity contribution in [3.05, 3.63) is 23.8 Å². The lowest BCUT2D eigenvalue weighted by Gasteiger charge is -2.24. The second-order valence-corrected chi connectivity index (χ2v) is 5.17. The third-order valence-corrected chi connectivity index (χ3v) is 2.64. The minimum Gasteiger partial charge on any atom is -0.492 e. The molecule has 20 heavy (non-hydrogen) atoms. The van der Waals surface area contributed by atoms with E-state index in [0.29, 0.717) is 23.6 Å². The van der Waals surface area contributed by atoms with Crippen LogP contribution in [0.1, 0.15) is 37.6 Å². The Labute approximate surface area is 118 Å². The Kier molecular flexibility index (Phi) is 4.96. The number of hydrogen-bond acceptors (Lipinski definition) is 4. The first-order chi connectivity index (χ1) is 9.25. The zero-order chi connectivity index (χ0) is 15.3. The molecular formula is C14H21N3O3. The van der Waals surface area contributed by atoms with E-state index < -0.39 is 11.4 Å². The summed E-state index contributed by atoms with van der Waals surface area (Å²) in [4.78, 5) is 23.0. The van der Waals surface area contributed by atoms with Gasteiger partial charge in [0.05, 0.1) is 12.3 Å². The first-order valence-electron chi connectivity index (χ1n) is 6.38. The maximum absolute atomic E-state index is 12.1. The standard InChI is InChI=1S/C14H21N3O3/c1-4-20-11-6-5-9(7-10(11)15)13(19)17-14(2,3)8-12(16)18/h5-7H,4,8,15H2,1-3H3,(H2,16,18)(H,17,19). The Morgan fingerprint density at radius 3 is 2.50 bits per heavy atom. The third-order valence-electron chi connectivity index (χ3n) is 2.64. The molecule has 0 atom stereocenters. The van der Waals surface area contributed by atoms with Crippen LogP contribution >= 0.6 is 0 Å². The van der Waals surface area contributed by atoms with Gasteiger partial charge in [0.15, 0.2) is 0 Å². The Hall–Kier alpha value is -2.24. The van der Waals surface area contributed by atoms with Gasteiger partial charge in [-0.2, -0.15) is 0 Å². The molecule has 0 heterocycles. The largest absolute Gasteiger partial charge is 0.492 e. The molecule has 1 aromatic carbocycles. The Morgan fingerprint density at radius 2 is 2.00 bits per heavy atom. The normalized spacial score (nSPS) is 10.9. The highest BCUT2D eigenvalue weighted by atomic mass is 16.5. The van der Waals surface area contributed by atoms with E-state index in [0.717, 1.165) is 0 Å². The molecule has 0 saturated heterocycles. The molecule has 2 amide bonds. The molecule has 0 aliphatic rings. The van der Waals surface area contributed by atoms with E-state index in [9.17, 15) is 9.59 Å². The second-order valence-electron chi connectivity index (χ2n) is 5.17. The number of nitrogens with two attached hydrogens (primary N) is 2. The average Bonchev–Trinajstić information content (AvgIpc) is 2.29. The zero-order valence-corrected chi connectivity index (χ0v) is 12.0. The van der Waals surface area contributed by atoms with Gasteiger partial charge in [-0.3, -0.25) is 9.59 Å². The lowest BCUT2D eigenvalue weighted by Crippen LogP contribution is -2.46. The van der Waals surface area contributed by atoms with Crippen LogP contribution in [0.15, 0.2) is 18.2 Å². The summed E-state index contributed by atoms with van der Waals surface area (Å²) >= 11 is 0. The van der Waals surface area contributed by atoms with Gasteiger partial charge in [0, 0.05) is 17.5 Å². The van der Waals surface area contributed by atoms with Crippen molar-refractivity contribution in [3.8, 4) is 5.75 Å². The number of hydrogen-bond donors (Lipinski definition) is 3. The van der Waals surface area contributed by atoms with E-state index in [1.54, 1.807) is 32.0 Å². The fourth-order valence-corrected chi connectivity index (χ4v) is 1.84. The predicted molar refractivity (Wildman–Crippen MR) is 77.4 cm³/mol. The van der Waals surface area contributed by atoms with Crippen molar-refractivity contribution in [2.75, 3.05) is 12.3 Å². The van der Waals surface area contributed by atoms with Crippen molar-refractivity contribution in [3.63, 3.8) is 0 Å². The van der Waals surface area contributed by atoms with Crippen LogP contribution in [0.25, 0.3) is 0 Å². The van der Waals surface area contributed by atoms with Crippen LogP contribution in [-0.4, -0.2) is 24.0 Å². The number of primary amides is 1. The van der Waals surface area contributed by atoms with Crippen molar-refractivity contribution in [1.82, 2.24) is 5.32 Å². The van der Waals surface area contributed by atoms with Gasteiger partial charge in [-0.25, -0.2) is 0 Å². The van der Waals surface area contributed by atoms with Gasteiger partial charge in [0.2, 0.25) is 5.91 Å². The molecule has 110 valence electrons. The van der Waals surface area contributed by atoms with Crippen molar-refractivity contribution in [2.24, 2.45) is 5.73 Å². The van der Waals surface area contributed by atoms with Gasteiger partial charge < -0.3 is 21.5 Å². The minimum atomic E-state index is -0.712. The maximum atomic E-state index is 12.1. The molecule has 0 unspecified atom stereocenters. The molecule has 6 heteroatoms. The summed E-state index contributed by atoms with van der Waals surface area (Å²) in [5.41, 5.74) is 11.0. The number of benzene rings is 1. The number of nitrogens with one attached hydrogen (secondary N) is 1. The number of rotatable bonds is 6. The third kappa shape index (κ3) is 4.46. The Balaban J connectivity index is 2.82. The van der Waals surface area contributed by atoms with Gasteiger partial charge >= 0.3 is 0 Å². The average molecular weight is 279 g/mol. The molecule has 0 radical (unpaired) electrons. The van der Waals surface area contributed by atoms with Crippen molar-refractivity contribution < 1.29 is 14.3 Å². The predicted octanol–water partition coefficient (Wildman–Crippen LogP) is 1.05. The van der Waals surface area contributed by atoms with Crippen LogP contribution in [0.2, 0.25) is 0 Å². The first kappa shape index (κ1) is 15.8. The Bertz CT molecular complexity index is 512. The van der Waals surface area contributed by atoms with E-state index >= 15 is 0 Å². The van der Waals surface area contributed by atoms with Crippen molar-refractivity contribution in [2.45, 2.75) is 32.7 Å². The number of carbonyl (C=O) groups is 2. The molecule has 1 aromatic rings. The molecule has 0 aliphatic carbocycles.